The van der Waals surface area contributed by atoms with E-state index in [0.717, 1.165) is 5.69 Å². The highest BCUT2D eigenvalue weighted by atomic mass is 16.4. The molecule has 0 fully saturated rings. The molecule has 0 saturated carbocycles. The Morgan fingerprint density at radius 1 is 1.71 bits per heavy atom. The normalized spacial score (nSPS) is 13.1. The van der Waals surface area contributed by atoms with Crippen molar-refractivity contribution in [2.75, 3.05) is 0 Å². The minimum Gasteiger partial charge on any atom is -0.481 e. The van der Waals surface area contributed by atoms with Crippen molar-refractivity contribution in [2.24, 2.45) is 0 Å². The lowest BCUT2D eigenvalue weighted by atomic mass is 10.1. The Balaban J connectivity index is 2.67. The van der Waals surface area contributed by atoms with Crippen LogP contribution in [0.5, 0.6) is 0 Å². The topological polar surface area (TPSA) is 78.0 Å². The van der Waals surface area contributed by atoms with Crippen LogP contribution >= 0.6 is 0 Å². The maximum Gasteiger partial charge on any atom is 0.305 e. The molecule has 0 aromatic carbocycles. The molecule has 1 rings (SSSR count). The van der Waals surface area contributed by atoms with Crippen LogP contribution in [0.15, 0.2) is 12.5 Å². The molecular formula is C9H15N3O2. The van der Waals surface area contributed by atoms with Crippen LogP contribution in [-0.2, 0) is 4.79 Å². The van der Waals surface area contributed by atoms with E-state index in [4.69, 9.17) is 5.11 Å². The van der Waals surface area contributed by atoms with E-state index in [-0.39, 0.29) is 18.5 Å². The highest BCUT2D eigenvalue weighted by Gasteiger charge is 2.16. The Labute approximate surface area is 82.6 Å². The fourth-order valence-electron chi connectivity index (χ4n) is 1.29. The van der Waals surface area contributed by atoms with E-state index in [1.54, 1.807) is 12.5 Å². The van der Waals surface area contributed by atoms with Crippen LogP contribution in [0.2, 0.25) is 0 Å². The molecule has 0 bridgehead atoms. The number of imidazole rings is 1. The number of hydrogen-bond donors (Lipinski definition) is 3. The fourth-order valence-corrected chi connectivity index (χ4v) is 1.29. The molecule has 3 N–H and O–H groups in total. The van der Waals surface area contributed by atoms with Gasteiger partial charge in [-0.1, -0.05) is 13.8 Å². The SMILES string of the molecule is CC(C)NC(CC(=O)O)c1cnc[nH]1. The van der Waals surface area contributed by atoms with Crippen LogP contribution in [0, 0.1) is 0 Å². The lowest BCUT2D eigenvalue weighted by molar-refractivity contribution is -0.137. The number of aromatic amines is 1. The lowest BCUT2D eigenvalue weighted by Crippen LogP contribution is -2.30. The first kappa shape index (κ1) is 10.7. The van der Waals surface area contributed by atoms with Crippen molar-refractivity contribution >= 4 is 5.97 Å². The summed E-state index contributed by atoms with van der Waals surface area (Å²) in [5.74, 6) is -0.822. The van der Waals surface area contributed by atoms with Gasteiger partial charge < -0.3 is 15.4 Å². The van der Waals surface area contributed by atoms with E-state index in [1.165, 1.54) is 0 Å². The number of nitrogens with zero attached hydrogens (tertiary/aromatic N) is 1. The molecule has 14 heavy (non-hydrogen) atoms. The van der Waals surface area contributed by atoms with Crippen molar-refractivity contribution in [1.29, 1.82) is 0 Å². The summed E-state index contributed by atoms with van der Waals surface area (Å²) < 4.78 is 0. The van der Waals surface area contributed by atoms with Gasteiger partial charge >= 0.3 is 5.97 Å². The van der Waals surface area contributed by atoms with Crippen molar-refractivity contribution in [3.8, 4) is 0 Å². The van der Waals surface area contributed by atoms with Gasteiger partial charge in [-0.2, -0.15) is 0 Å². The number of hydrogen-bond acceptors (Lipinski definition) is 3. The van der Waals surface area contributed by atoms with E-state index in [2.05, 4.69) is 15.3 Å². The summed E-state index contributed by atoms with van der Waals surface area (Å²) in [7, 11) is 0. The summed E-state index contributed by atoms with van der Waals surface area (Å²) in [4.78, 5) is 17.4. The summed E-state index contributed by atoms with van der Waals surface area (Å²) in [6.45, 7) is 3.95. The van der Waals surface area contributed by atoms with Gasteiger partial charge in [0, 0.05) is 12.2 Å². The second-order valence-corrected chi connectivity index (χ2v) is 3.48. The Morgan fingerprint density at radius 3 is 2.86 bits per heavy atom. The van der Waals surface area contributed by atoms with Gasteiger partial charge in [0.2, 0.25) is 0 Å². The van der Waals surface area contributed by atoms with Crippen molar-refractivity contribution in [3.05, 3.63) is 18.2 Å². The largest absolute Gasteiger partial charge is 0.481 e. The van der Waals surface area contributed by atoms with Crippen LogP contribution in [-0.4, -0.2) is 27.1 Å². The second kappa shape index (κ2) is 4.76. The minimum absolute atomic E-state index is 0.0559. The van der Waals surface area contributed by atoms with E-state index < -0.39 is 5.97 Å². The number of carbonyl (C=O) groups is 1. The van der Waals surface area contributed by atoms with Crippen LogP contribution < -0.4 is 5.32 Å². The van der Waals surface area contributed by atoms with Crippen molar-refractivity contribution < 1.29 is 9.90 Å². The van der Waals surface area contributed by atoms with Gasteiger partial charge in [0.15, 0.2) is 0 Å². The van der Waals surface area contributed by atoms with E-state index in [1.807, 2.05) is 13.8 Å². The van der Waals surface area contributed by atoms with E-state index in [9.17, 15) is 4.79 Å². The van der Waals surface area contributed by atoms with Gasteiger partial charge in [0.05, 0.1) is 24.5 Å². The maximum atomic E-state index is 10.6. The Morgan fingerprint density at radius 2 is 2.43 bits per heavy atom. The van der Waals surface area contributed by atoms with Crippen LogP contribution in [0.1, 0.15) is 32.0 Å². The number of aromatic nitrogens is 2. The highest BCUT2D eigenvalue weighted by molar-refractivity contribution is 5.67. The molecule has 1 unspecified atom stereocenters. The number of carboxylic acid groups (broad SMARTS) is 1. The monoisotopic (exact) mass is 197 g/mol. The third-order valence-electron chi connectivity index (χ3n) is 1.81. The third kappa shape index (κ3) is 3.18. The van der Waals surface area contributed by atoms with Crippen molar-refractivity contribution in [1.82, 2.24) is 15.3 Å². The molecule has 1 aromatic heterocycles. The molecule has 0 spiro atoms. The fraction of sp³-hybridized carbons (Fsp3) is 0.556. The smallest absolute Gasteiger partial charge is 0.305 e. The Bertz CT molecular complexity index is 282. The molecule has 0 saturated heterocycles. The van der Waals surface area contributed by atoms with Gasteiger partial charge in [0.25, 0.3) is 0 Å². The van der Waals surface area contributed by atoms with Gasteiger partial charge in [-0.25, -0.2) is 4.98 Å². The molecule has 1 aromatic rings. The van der Waals surface area contributed by atoms with Crippen molar-refractivity contribution in [3.63, 3.8) is 0 Å². The molecule has 0 aliphatic heterocycles. The molecule has 78 valence electrons. The zero-order valence-corrected chi connectivity index (χ0v) is 8.32. The summed E-state index contributed by atoms with van der Waals surface area (Å²) in [5.41, 5.74) is 0.807. The zero-order chi connectivity index (χ0) is 10.6. The molecular weight excluding hydrogens is 182 g/mol. The standard InChI is InChI=1S/C9H15N3O2/c1-6(2)12-7(3-9(13)14)8-4-10-5-11-8/h4-7,12H,3H2,1-2H3,(H,10,11)(H,13,14). The van der Waals surface area contributed by atoms with E-state index in [0.29, 0.717) is 0 Å². The van der Waals surface area contributed by atoms with Gasteiger partial charge in [-0.3, -0.25) is 4.79 Å². The highest BCUT2D eigenvalue weighted by Crippen LogP contribution is 2.14. The predicted octanol–water partition coefficient (Wildman–Crippen LogP) is 0.923. The summed E-state index contributed by atoms with van der Waals surface area (Å²) in [6, 6.07) is 0.0395. The van der Waals surface area contributed by atoms with Gasteiger partial charge in [-0.05, 0) is 0 Å². The average molecular weight is 197 g/mol. The quantitative estimate of drug-likeness (QED) is 0.656. The number of nitrogens with one attached hydrogen (secondary N) is 2. The molecule has 1 heterocycles. The molecule has 0 aliphatic rings. The number of rotatable bonds is 5. The Hall–Kier alpha value is -1.36. The summed E-state index contributed by atoms with van der Waals surface area (Å²) in [5, 5.41) is 11.9. The van der Waals surface area contributed by atoms with Gasteiger partial charge in [-0.15, -0.1) is 0 Å². The summed E-state index contributed by atoms with van der Waals surface area (Å²) >= 11 is 0. The predicted molar refractivity (Wildman–Crippen MR) is 51.9 cm³/mol. The zero-order valence-electron chi connectivity index (χ0n) is 8.32. The number of aliphatic carboxylic acids is 1. The molecule has 5 nitrogen and oxygen atoms in total. The van der Waals surface area contributed by atoms with E-state index >= 15 is 0 Å². The minimum atomic E-state index is -0.822. The molecule has 0 radical (unpaired) electrons. The molecule has 0 aliphatic carbocycles. The molecule has 1 atom stereocenters. The van der Waals surface area contributed by atoms with Crippen LogP contribution in [0.3, 0.4) is 0 Å². The second-order valence-electron chi connectivity index (χ2n) is 3.48. The first-order chi connectivity index (χ1) is 6.59. The molecule has 5 heteroatoms. The Kier molecular flexibility index (Phi) is 3.64. The molecule has 0 amide bonds. The number of carboxylic acids is 1. The van der Waals surface area contributed by atoms with Crippen LogP contribution in [0.4, 0.5) is 0 Å². The lowest BCUT2D eigenvalue weighted by Gasteiger charge is -2.17. The average Bonchev–Trinajstić information content (AvgIpc) is 2.52. The third-order valence-corrected chi connectivity index (χ3v) is 1.81. The van der Waals surface area contributed by atoms with Crippen molar-refractivity contribution in [2.45, 2.75) is 32.4 Å². The van der Waals surface area contributed by atoms with Gasteiger partial charge in [0.1, 0.15) is 0 Å². The maximum absolute atomic E-state index is 10.6. The first-order valence-corrected chi connectivity index (χ1v) is 4.55. The number of H-pyrrole nitrogens is 1. The first-order valence-electron chi connectivity index (χ1n) is 4.55. The summed E-state index contributed by atoms with van der Waals surface area (Å²) in [6.07, 6.45) is 3.25. The van der Waals surface area contributed by atoms with Crippen LogP contribution in [0.25, 0.3) is 0 Å².